The predicted octanol–water partition coefficient (Wildman–Crippen LogP) is 3.93. The highest BCUT2D eigenvalue weighted by molar-refractivity contribution is 5.41. The molecular formula is C16H21F2N. The van der Waals surface area contributed by atoms with Crippen molar-refractivity contribution in [3.63, 3.8) is 0 Å². The Kier molecular flexibility index (Phi) is 3.12. The Balaban J connectivity index is 1.94. The van der Waals surface area contributed by atoms with Gasteiger partial charge in [-0.1, -0.05) is 18.2 Å². The van der Waals surface area contributed by atoms with Gasteiger partial charge in [0.2, 0.25) is 5.92 Å². The second-order valence-corrected chi connectivity index (χ2v) is 6.16. The van der Waals surface area contributed by atoms with Crippen molar-refractivity contribution < 1.29 is 8.78 Å². The minimum atomic E-state index is -2.52. The average Bonchev–Trinajstić information content (AvgIpc) is 2.42. The average molecular weight is 265 g/mol. The zero-order chi connectivity index (χ0) is 13.5. The van der Waals surface area contributed by atoms with Crippen LogP contribution in [-0.2, 0) is 18.4 Å². The standard InChI is InChI=1S/C16H21F2N/c17-16(18)10-8-15(19,9-11-16)14-7-3-5-12-4-1-2-6-13(12)14/h3,5,7H,1-2,4,6,8-11,19H2. The Morgan fingerprint density at radius 3 is 2.37 bits per heavy atom. The largest absolute Gasteiger partial charge is 0.321 e. The number of hydrogen-bond acceptors (Lipinski definition) is 1. The molecule has 0 spiro atoms. The summed E-state index contributed by atoms with van der Waals surface area (Å²) in [5.74, 6) is -2.52. The third-order valence-corrected chi connectivity index (χ3v) is 4.81. The lowest BCUT2D eigenvalue weighted by Crippen LogP contribution is -2.44. The van der Waals surface area contributed by atoms with Gasteiger partial charge in [-0.3, -0.25) is 0 Å². The van der Waals surface area contributed by atoms with Crippen molar-refractivity contribution in [1.29, 1.82) is 0 Å². The summed E-state index contributed by atoms with van der Waals surface area (Å²) in [6.07, 6.45) is 5.23. The van der Waals surface area contributed by atoms with E-state index < -0.39 is 11.5 Å². The quantitative estimate of drug-likeness (QED) is 0.818. The van der Waals surface area contributed by atoms with Crippen molar-refractivity contribution in [2.24, 2.45) is 5.73 Å². The molecule has 19 heavy (non-hydrogen) atoms. The van der Waals surface area contributed by atoms with Crippen LogP contribution in [0.5, 0.6) is 0 Å². The first-order valence-corrected chi connectivity index (χ1v) is 7.28. The first kappa shape index (κ1) is 13.0. The van der Waals surface area contributed by atoms with Crippen LogP contribution < -0.4 is 5.73 Å². The lowest BCUT2D eigenvalue weighted by atomic mass is 9.72. The van der Waals surface area contributed by atoms with Gasteiger partial charge in [0.05, 0.1) is 0 Å². The van der Waals surface area contributed by atoms with Gasteiger partial charge in [0.1, 0.15) is 0 Å². The molecular weight excluding hydrogens is 244 g/mol. The monoisotopic (exact) mass is 265 g/mol. The number of alkyl halides is 2. The Hall–Kier alpha value is -0.960. The van der Waals surface area contributed by atoms with Gasteiger partial charge in [-0.05, 0) is 55.2 Å². The maximum Gasteiger partial charge on any atom is 0.248 e. The number of rotatable bonds is 1. The van der Waals surface area contributed by atoms with E-state index in [1.54, 1.807) is 0 Å². The molecule has 0 aliphatic heterocycles. The number of benzene rings is 1. The zero-order valence-electron chi connectivity index (χ0n) is 11.2. The van der Waals surface area contributed by atoms with Crippen LogP contribution in [0.3, 0.4) is 0 Å². The van der Waals surface area contributed by atoms with Crippen LogP contribution in [-0.4, -0.2) is 5.92 Å². The van der Waals surface area contributed by atoms with Crippen molar-refractivity contribution in [3.8, 4) is 0 Å². The second kappa shape index (κ2) is 4.55. The van der Waals surface area contributed by atoms with Gasteiger partial charge in [-0.25, -0.2) is 8.78 Å². The molecule has 104 valence electrons. The van der Waals surface area contributed by atoms with Crippen LogP contribution in [0.4, 0.5) is 8.78 Å². The van der Waals surface area contributed by atoms with E-state index in [0.717, 1.165) is 18.4 Å². The van der Waals surface area contributed by atoms with Crippen LogP contribution in [0, 0.1) is 0 Å². The van der Waals surface area contributed by atoms with Gasteiger partial charge >= 0.3 is 0 Å². The van der Waals surface area contributed by atoms with Crippen LogP contribution >= 0.6 is 0 Å². The van der Waals surface area contributed by atoms with Gasteiger partial charge in [0.15, 0.2) is 0 Å². The smallest absolute Gasteiger partial charge is 0.248 e. The van der Waals surface area contributed by atoms with Crippen LogP contribution in [0.25, 0.3) is 0 Å². The van der Waals surface area contributed by atoms with Crippen molar-refractivity contribution >= 4 is 0 Å². The highest BCUT2D eigenvalue weighted by atomic mass is 19.3. The third-order valence-electron chi connectivity index (χ3n) is 4.81. The van der Waals surface area contributed by atoms with E-state index in [4.69, 9.17) is 5.73 Å². The molecule has 0 saturated heterocycles. The molecule has 0 aromatic heterocycles. The van der Waals surface area contributed by atoms with Gasteiger partial charge < -0.3 is 5.73 Å². The van der Waals surface area contributed by atoms with E-state index >= 15 is 0 Å². The number of nitrogens with two attached hydrogens (primary N) is 1. The number of hydrogen-bond donors (Lipinski definition) is 1. The molecule has 1 aromatic carbocycles. The maximum absolute atomic E-state index is 13.3. The Labute approximate surface area is 113 Å². The molecule has 1 saturated carbocycles. The number of fused-ring (bicyclic) bond motifs is 1. The molecule has 2 aliphatic carbocycles. The van der Waals surface area contributed by atoms with E-state index in [-0.39, 0.29) is 12.8 Å². The SMILES string of the molecule is NC1(c2cccc3c2CCCC3)CCC(F)(F)CC1. The van der Waals surface area contributed by atoms with E-state index in [1.165, 1.54) is 24.0 Å². The number of aryl methyl sites for hydroxylation is 1. The van der Waals surface area contributed by atoms with E-state index in [1.807, 2.05) is 6.07 Å². The molecule has 0 amide bonds. The molecule has 3 heteroatoms. The van der Waals surface area contributed by atoms with Gasteiger partial charge in [0, 0.05) is 18.4 Å². The molecule has 0 bridgehead atoms. The summed E-state index contributed by atoms with van der Waals surface area (Å²) in [7, 11) is 0. The van der Waals surface area contributed by atoms with Gasteiger partial charge in [-0.15, -0.1) is 0 Å². The summed E-state index contributed by atoms with van der Waals surface area (Å²) in [6, 6.07) is 6.27. The molecule has 3 rings (SSSR count). The predicted molar refractivity (Wildman–Crippen MR) is 72.4 cm³/mol. The lowest BCUT2D eigenvalue weighted by molar-refractivity contribution is -0.0515. The van der Waals surface area contributed by atoms with Crippen molar-refractivity contribution in [2.45, 2.75) is 62.8 Å². The Morgan fingerprint density at radius 1 is 0.947 bits per heavy atom. The summed E-state index contributed by atoms with van der Waals surface area (Å²) < 4.78 is 26.7. The molecule has 0 unspecified atom stereocenters. The summed E-state index contributed by atoms with van der Waals surface area (Å²) in [5, 5.41) is 0. The van der Waals surface area contributed by atoms with Crippen LogP contribution in [0.15, 0.2) is 18.2 Å². The molecule has 0 atom stereocenters. The molecule has 1 nitrogen and oxygen atoms in total. The molecule has 2 N–H and O–H groups in total. The minimum absolute atomic E-state index is 0.0762. The summed E-state index contributed by atoms with van der Waals surface area (Å²) in [4.78, 5) is 0. The molecule has 2 aliphatic rings. The molecule has 1 fully saturated rings. The van der Waals surface area contributed by atoms with E-state index in [0.29, 0.717) is 12.8 Å². The lowest BCUT2D eigenvalue weighted by Gasteiger charge is -2.39. The summed E-state index contributed by atoms with van der Waals surface area (Å²) in [6.45, 7) is 0. The Bertz CT molecular complexity index is 472. The van der Waals surface area contributed by atoms with Crippen molar-refractivity contribution in [2.75, 3.05) is 0 Å². The van der Waals surface area contributed by atoms with Crippen LogP contribution in [0.1, 0.15) is 55.2 Å². The first-order chi connectivity index (χ1) is 9.00. The molecule has 0 radical (unpaired) electrons. The fourth-order valence-corrected chi connectivity index (χ4v) is 3.58. The molecule has 1 aromatic rings. The minimum Gasteiger partial charge on any atom is -0.321 e. The van der Waals surface area contributed by atoms with Gasteiger partial charge in [-0.2, -0.15) is 0 Å². The number of halogens is 2. The highest BCUT2D eigenvalue weighted by Crippen LogP contribution is 2.44. The fraction of sp³-hybridized carbons (Fsp3) is 0.625. The van der Waals surface area contributed by atoms with E-state index in [2.05, 4.69) is 12.1 Å². The fourth-order valence-electron chi connectivity index (χ4n) is 3.58. The van der Waals surface area contributed by atoms with Gasteiger partial charge in [0.25, 0.3) is 0 Å². The van der Waals surface area contributed by atoms with E-state index in [9.17, 15) is 8.78 Å². The molecule has 0 heterocycles. The third kappa shape index (κ3) is 2.40. The second-order valence-electron chi connectivity index (χ2n) is 6.16. The van der Waals surface area contributed by atoms with Crippen LogP contribution in [0.2, 0.25) is 0 Å². The zero-order valence-corrected chi connectivity index (χ0v) is 11.2. The summed E-state index contributed by atoms with van der Waals surface area (Å²) >= 11 is 0. The normalized spacial score (nSPS) is 24.8. The maximum atomic E-state index is 13.3. The highest BCUT2D eigenvalue weighted by Gasteiger charge is 2.43. The summed E-state index contributed by atoms with van der Waals surface area (Å²) in [5.41, 5.74) is 9.82. The van der Waals surface area contributed by atoms with Crippen molar-refractivity contribution in [3.05, 3.63) is 34.9 Å². The Morgan fingerprint density at radius 2 is 1.63 bits per heavy atom. The first-order valence-electron chi connectivity index (χ1n) is 7.28. The topological polar surface area (TPSA) is 26.0 Å². The van der Waals surface area contributed by atoms with Crippen molar-refractivity contribution in [1.82, 2.24) is 0 Å².